The molecule has 1 aliphatic heterocycles. The number of carbonyl (C=O) groups excluding carboxylic acids is 2. The second kappa shape index (κ2) is 13.4. The molecule has 5 nitrogen and oxygen atoms in total. The van der Waals surface area contributed by atoms with E-state index in [4.69, 9.17) is 16.3 Å². The van der Waals surface area contributed by atoms with Gasteiger partial charge in [-0.2, -0.15) is 0 Å². The van der Waals surface area contributed by atoms with E-state index in [0.717, 1.165) is 24.8 Å². The molecule has 1 heterocycles. The van der Waals surface area contributed by atoms with Crippen molar-refractivity contribution in [2.24, 2.45) is 0 Å². The van der Waals surface area contributed by atoms with Crippen molar-refractivity contribution in [1.82, 2.24) is 9.80 Å². The molecule has 38 heavy (non-hydrogen) atoms. The molecular formula is C31H34ClFN2O3. The van der Waals surface area contributed by atoms with E-state index in [9.17, 15) is 14.0 Å². The molecular weight excluding hydrogens is 503 g/mol. The molecule has 0 radical (unpaired) electrons. The van der Waals surface area contributed by atoms with E-state index in [1.807, 2.05) is 59.2 Å². The van der Waals surface area contributed by atoms with Gasteiger partial charge in [-0.05, 0) is 62.4 Å². The number of carbonyl (C=O) groups is 2. The third kappa shape index (κ3) is 6.93. The zero-order chi connectivity index (χ0) is 26.9. The van der Waals surface area contributed by atoms with E-state index >= 15 is 0 Å². The third-order valence-electron chi connectivity index (χ3n) is 7.01. The first-order valence-electron chi connectivity index (χ1n) is 13.2. The summed E-state index contributed by atoms with van der Waals surface area (Å²) in [6.07, 6.45) is 2.88. The summed E-state index contributed by atoms with van der Waals surface area (Å²) in [4.78, 5) is 30.7. The van der Waals surface area contributed by atoms with Crippen LogP contribution in [-0.4, -0.2) is 53.9 Å². The predicted octanol–water partition coefficient (Wildman–Crippen LogP) is 6.19. The molecule has 1 atom stereocenters. The maximum absolute atomic E-state index is 14.6. The molecule has 2 amide bonds. The predicted molar refractivity (Wildman–Crippen MR) is 148 cm³/mol. The SMILES string of the molecule is CCN1CCCCCN(C(=O)Cc2c(F)cccc2Cl)[C@@H](Cc2ccccc2)COc2ccccc2C1=O. The second-order valence-corrected chi connectivity index (χ2v) is 9.97. The van der Waals surface area contributed by atoms with Crippen LogP contribution >= 0.6 is 11.6 Å². The summed E-state index contributed by atoms with van der Waals surface area (Å²) in [7, 11) is 0. The van der Waals surface area contributed by atoms with Crippen molar-refractivity contribution in [1.29, 1.82) is 0 Å². The summed E-state index contributed by atoms with van der Waals surface area (Å²) < 4.78 is 20.9. The highest BCUT2D eigenvalue weighted by atomic mass is 35.5. The molecule has 200 valence electrons. The van der Waals surface area contributed by atoms with Crippen molar-refractivity contribution in [3.05, 3.63) is 100 Å². The Kier molecular flexibility index (Phi) is 9.77. The highest BCUT2D eigenvalue weighted by Crippen LogP contribution is 2.24. The highest BCUT2D eigenvalue weighted by molar-refractivity contribution is 6.31. The number of fused-ring (bicyclic) bond motifs is 1. The van der Waals surface area contributed by atoms with E-state index in [0.29, 0.717) is 37.4 Å². The minimum Gasteiger partial charge on any atom is -0.491 e. The van der Waals surface area contributed by atoms with Gasteiger partial charge in [0.15, 0.2) is 0 Å². The van der Waals surface area contributed by atoms with Gasteiger partial charge in [0.05, 0.1) is 18.0 Å². The Balaban J connectivity index is 1.67. The van der Waals surface area contributed by atoms with Gasteiger partial charge in [0, 0.05) is 30.2 Å². The van der Waals surface area contributed by atoms with E-state index in [2.05, 4.69) is 0 Å². The molecule has 0 fully saturated rings. The largest absolute Gasteiger partial charge is 0.491 e. The Labute approximate surface area is 229 Å². The van der Waals surface area contributed by atoms with Gasteiger partial charge >= 0.3 is 0 Å². The maximum atomic E-state index is 14.6. The lowest BCUT2D eigenvalue weighted by Gasteiger charge is -2.32. The Hall–Kier alpha value is -3.38. The van der Waals surface area contributed by atoms with Crippen LogP contribution < -0.4 is 4.74 Å². The first-order valence-corrected chi connectivity index (χ1v) is 13.6. The van der Waals surface area contributed by atoms with Crippen LogP contribution in [0.25, 0.3) is 0 Å². The van der Waals surface area contributed by atoms with Gasteiger partial charge in [-0.1, -0.05) is 60.1 Å². The number of halogens is 2. The Bertz CT molecular complexity index is 1220. The summed E-state index contributed by atoms with van der Waals surface area (Å²) in [5, 5.41) is 0.243. The minimum absolute atomic E-state index is 0.0518. The molecule has 0 saturated carbocycles. The van der Waals surface area contributed by atoms with Crippen LogP contribution in [0.1, 0.15) is 47.7 Å². The highest BCUT2D eigenvalue weighted by Gasteiger charge is 2.28. The van der Waals surface area contributed by atoms with Gasteiger partial charge < -0.3 is 14.5 Å². The Morgan fingerprint density at radius 2 is 1.71 bits per heavy atom. The van der Waals surface area contributed by atoms with E-state index < -0.39 is 5.82 Å². The van der Waals surface area contributed by atoms with Crippen LogP contribution in [0.3, 0.4) is 0 Å². The molecule has 4 rings (SSSR count). The van der Waals surface area contributed by atoms with Gasteiger partial charge in [-0.3, -0.25) is 9.59 Å². The first-order chi connectivity index (χ1) is 18.5. The normalized spacial score (nSPS) is 17.0. The number of hydrogen-bond acceptors (Lipinski definition) is 3. The third-order valence-corrected chi connectivity index (χ3v) is 7.36. The molecule has 0 bridgehead atoms. The van der Waals surface area contributed by atoms with E-state index in [-0.39, 0.29) is 41.5 Å². The van der Waals surface area contributed by atoms with E-state index in [1.54, 1.807) is 18.2 Å². The number of ether oxygens (including phenoxy) is 1. The molecule has 0 aromatic heterocycles. The molecule has 0 spiro atoms. The Morgan fingerprint density at radius 1 is 0.974 bits per heavy atom. The molecule has 0 N–H and O–H groups in total. The van der Waals surface area contributed by atoms with Gasteiger partial charge in [0.1, 0.15) is 18.2 Å². The smallest absolute Gasteiger partial charge is 0.257 e. The van der Waals surface area contributed by atoms with Gasteiger partial charge in [-0.15, -0.1) is 0 Å². The molecule has 3 aromatic rings. The summed E-state index contributed by atoms with van der Waals surface area (Å²) in [5.74, 6) is -0.238. The number of rotatable bonds is 5. The molecule has 1 aliphatic rings. The van der Waals surface area contributed by atoms with Crippen molar-refractivity contribution in [3.63, 3.8) is 0 Å². The summed E-state index contributed by atoms with van der Waals surface area (Å²) in [5.41, 5.74) is 1.78. The fourth-order valence-electron chi connectivity index (χ4n) is 4.90. The minimum atomic E-state index is -0.486. The summed E-state index contributed by atoms with van der Waals surface area (Å²) in [6.45, 7) is 3.92. The number of hydrogen-bond donors (Lipinski definition) is 0. The number of amides is 2. The van der Waals surface area contributed by atoms with Crippen molar-refractivity contribution >= 4 is 23.4 Å². The summed E-state index contributed by atoms with van der Waals surface area (Å²) in [6, 6.07) is 21.3. The fraction of sp³-hybridized carbons (Fsp3) is 0.355. The standard InChI is InChI=1S/C31H34ClFN2O3/c1-2-34-18-9-4-10-19-35(30(36)21-26-27(32)15-11-16-28(26)33)24(20-23-12-5-3-6-13-23)22-38-29-17-8-7-14-25(29)31(34)37/h3,5-8,11-17,24H,2,4,9-10,18-22H2,1H3/t24-/m0/s1. The van der Waals surface area contributed by atoms with Crippen molar-refractivity contribution < 1.29 is 18.7 Å². The van der Waals surface area contributed by atoms with Crippen molar-refractivity contribution in [3.8, 4) is 5.75 Å². The van der Waals surface area contributed by atoms with Crippen LogP contribution in [0, 0.1) is 5.82 Å². The topological polar surface area (TPSA) is 49.9 Å². The lowest BCUT2D eigenvalue weighted by Crippen LogP contribution is -2.46. The molecule has 3 aromatic carbocycles. The fourth-order valence-corrected chi connectivity index (χ4v) is 5.13. The van der Waals surface area contributed by atoms with Gasteiger partial charge in [-0.25, -0.2) is 4.39 Å². The van der Waals surface area contributed by atoms with Crippen LogP contribution in [0.15, 0.2) is 72.8 Å². The average Bonchev–Trinajstić information content (AvgIpc) is 2.94. The maximum Gasteiger partial charge on any atom is 0.257 e. The van der Waals surface area contributed by atoms with Gasteiger partial charge in [0.2, 0.25) is 5.91 Å². The summed E-state index contributed by atoms with van der Waals surface area (Å²) >= 11 is 6.27. The van der Waals surface area contributed by atoms with Crippen LogP contribution in [0.2, 0.25) is 5.02 Å². The molecule has 0 saturated heterocycles. The van der Waals surface area contributed by atoms with Crippen molar-refractivity contribution in [2.75, 3.05) is 26.2 Å². The quantitative estimate of drug-likeness (QED) is 0.391. The number of benzene rings is 3. The van der Waals surface area contributed by atoms with E-state index in [1.165, 1.54) is 12.1 Å². The molecule has 7 heteroatoms. The first kappa shape index (κ1) is 27.6. The number of nitrogens with zero attached hydrogens (tertiary/aromatic N) is 2. The van der Waals surface area contributed by atoms with Crippen LogP contribution in [0.5, 0.6) is 5.75 Å². The van der Waals surface area contributed by atoms with Crippen molar-refractivity contribution in [2.45, 2.75) is 45.1 Å². The second-order valence-electron chi connectivity index (χ2n) is 9.56. The molecule has 0 unspecified atom stereocenters. The zero-order valence-electron chi connectivity index (χ0n) is 21.7. The lowest BCUT2D eigenvalue weighted by molar-refractivity contribution is -0.133. The lowest BCUT2D eigenvalue weighted by atomic mass is 10.0. The van der Waals surface area contributed by atoms with Gasteiger partial charge in [0.25, 0.3) is 5.91 Å². The van der Waals surface area contributed by atoms with Crippen LogP contribution in [0.4, 0.5) is 4.39 Å². The monoisotopic (exact) mass is 536 g/mol. The average molecular weight is 537 g/mol. The van der Waals surface area contributed by atoms with Crippen LogP contribution in [-0.2, 0) is 17.6 Å². The number of para-hydroxylation sites is 1. The molecule has 0 aliphatic carbocycles. The zero-order valence-corrected chi connectivity index (χ0v) is 22.5. The Morgan fingerprint density at radius 3 is 2.47 bits per heavy atom.